The van der Waals surface area contributed by atoms with E-state index in [1.807, 2.05) is 0 Å². The van der Waals surface area contributed by atoms with Gasteiger partial charge in [0.2, 0.25) is 0 Å². The molecule has 0 unspecified atom stereocenters. The fraction of sp³-hybridized carbons (Fsp3) is 0.882. The van der Waals surface area contributed by atoms with Crippen molar-refractivity contribution in [3.05, 3.63) is 12.7 Å². The molecule has 1 aliphatic heterocycles. The Morgan fingerprint density at radius 1 is 1.23 bits per heavy atom. The standard InChI is InChI=1S/C17H32O5/c1-5-8-11-20-13-14-15(21-12-9-6-2)17(18,10-7-3)16(19-4)22-14/h7,14-16,18H,3,5-6,8-13H2,1-2,4H3/t14-,15-,16+,17-/m1/s1. The average Bonchev–Trinajstić information content (AvgIpc) is 2.77. The molecule has 5 heteroatoms. The molecule has 0 spiro atoms. The smallest absolute Gasteiger partial charge is 0.189 e. The lowest BCUT2D eigenvalue weighted by Gasteiger charge is -2.32. The van der Waals surface area contributed by atoms with Crippen molar-refractivity contribution in [3.63, 3.8) is 0 Å². The number of rotatable bonds is 12. The highest BCUT2D eigenvalue weighted by atomic mass is 16.7. The Balaban J connectivity index is 2.72. The van der Waals surface area contributed by atoms with Crippen molar-refractivity contribution in [2.45, 2.75) is 70.1 Å². The van der Waals surface area contributed by atoms with E-state index in [4.69, 9.17) is 18.9 Å². The lowest BCUT2D eigenvalue weighted by atomic mass is 9.91. The molecule has 1 rings (SSSR count). The number of methoxy groups -OCH3 is 1. The molecule has 0 aromatic rings. The maximum absolute atomic E-state index is 11.0. The molecule has 130 valence electrons. The molecule has 0 saturated carbocycles. The van der Waals surface area contributed by atoms with Crippen LogP contribution in [0.4, 0.5) is 0 Å². The van der Waals surface area contributed by atoms with Crippen molar-refractivity contribution < 1.29 is 24.1 Å². The van der Waals surface area contributed by atoms with Crippen LogP contribution in [0.1, 0.15) is 46.0 Å². The Kier molecular flexibility index (Phi) is 9.21. The minimum atomic E-state index is -1.22. The number of hydrogen-bond acceptors (Lipinski definition) is 5. The molecule has 0 amide bonds. The first-order valence-corrected chi connectivity index (χ1v) is 8.34. The van der Waals surface area contributed by atoms with Crippen molar-refractivity contribution in [1.82, 2.24) is 0 Å². The maximum atomic E-state index is 11.0. The average molecular weight is 316 g/mol. The Labute approximate surface area is 134 Å². The first kappa shape index (κ1) is 19.6. The topological polar surface area (TPSA) is 57.2 Å². The third-order valence-electron chi connectivity index (χ3n) is 3.94. The van der Waals surface area contributed by atoms with Gasteiger partial charge >= 0.3 is 0 Å². The molecular formula is C17H32O5. The predicted octanol–water partition coefficient (Wildman–Crippen LogP) is 2.67. The Morgan fingerprint density at radius 2 is 1.91 bits per heavy atom. The third kappa shape index (κ3) is 5.03. The summed E-state index contributed by atoms with van der Waals surface area (Å²) in [4.78, 5) is 0. The first-order chi connectivity index (χ1) is 10.6. The predicted molar refractivity (Wildman–Crippen MR) is 85.8 cm³/mol. The summed E-state index contributed by atoms with van der Waals surface area (Å²) in [6.45, 7) is 9.63. The summed E-state index contributed by atoms with van der Waals surface area (Å²) in [5.41, 5.74) is -1.22. The van der Waals surface area contributed by atoms with Gasteiger partial charge in [0.15, 0.2) is 6.29 Å². The van der Waals surface area contributed by atoms with E-state index in [1.165, 1.54) is 7.11 Å². The van der Waals surface area contributed by atoms with Gasteiger partial charge < -0.3 is 24.1 Å². The fourth-order valence-corrected chi connectivity index (χ4v) is 2.69. The van der Waals surface area contributed by atoms with Crippen LogP contribution in [0.15, 0.2) is 12.7 Å². The largest absolute Gasteiger partial charge is 0.381 e. The van der Waals surface area contributed by atoms with Gasteiger partial charge in [0.1, 0.15) is 17.8 Å². The van der Waals surface area contributed by atoms with Crippen molar-refractivity contribution in [1.29, 1.82) is 0 Å². The monoisotopic (exact) mass is 316 g/mol. The van der Waals surface area contributed by atoms with Gasteiger partial charge in [0.25, 0.3) is 0 Å². The minimum Gasteiger partial charge on any atom is -0.381 e. The van der Waals surface area contributed by atoms with E-state index in [0.717, 1.165) is 25.7 Å². The minimum absolute atomic E-state index is 0.330. The van der Waals surface area contributed by atoms with Crippen molar-refractivity contribution in [2.24, 2.45) is 0 Å². The fourth-order valence-electron chi connectivity index (χ4n) is 2.69. The Hall–Kier alpha value is -0.460. The summed E-state index contributed by atoms with van der Waals surface area (Å²) in [5, 5.41) is 11.0. The second-order valence-corrected chi connectivity index (χ2v) is 5.80. The molecule has 0 aromatic carbocycles. The summed E-state index contributed by atoms with van der Waals surface area (Å²) >= 11 is 0. The van der Waals surface area contributed by atoms with E-state index in [0.29, 0.717) is 26.2 Å². The Bertz CT molecular complexity index is 309. The first-order valence-electron chi connectivity index (χ1n) is 8.34. The molecule has 1 aliphatic rings. The van der Waals surface area contributed by atoms with Crippen molar-refractivity contribution in [3.8, 4) is 0 Å². The molecule has 1 N–H and O–H groups in total. The molecule has 5 nitrogen and oxygen atoms in total. The van der Waals surface area contributed by atoms with Gasteiger partial charge in [-0.1, -0.05) is 32.8 Å². The van der Waals surface area contributed by atoms with Gasteiger partial charge in [-0.15, -0.1) is 6.58 Å². The van der Waals surface area contributed by atoms with E-state index in [-0.39, 0.29) is 6.10 Å². The second kappa shape index (κ2) is 10.3. The van der Waals surface area contributed by atoms with Gasteiger partial charge in [0.05, 0.1) is 6.61 Å². The highest BCUT2D eigenvalue weighted by molar-refractivity contribution is 5.04. The van der Waals surface area contributed by atoms with Crippen LogP contribution >= 0.6 is 0 Å². The zero-order valence-corrected chi connectivity index (χ0v) is 14.3. The highest BCUT2D eigenvalue weighted by Gasteiger charge is 2.56. The molecule has 0 bridgehead atoms. The lowest BCUT2D eigenvalue weighted by molar-refractivity contribution is -0.195. The van der Waals surface area contributed by atoms with Gasteiger partial charge in [-0.25, -0.2) is 0 Å². The zero-order chi connectivity index (χ0) is 16.4. The van der Waals surface area contributed by atoms with E-state index in [1.54, 1.807) is 6.08 Å². The highest BCUT2D eigenvalue weighted by Crippen LogP contribution is 2.37. The quantitative estimate of drug-likeness (QED) is 0.443. The number of hydrogen-bond donors (Lipinski definition) is 1. The third-order valence-corrected chi connectivity index (χ3v) is 3.94. The molecule has 22 heavy (non-hydrogen) atoms. The lowest BCUT2D eigenvalue weighted by Crippen LogP contribution is -2.50. The molecule has 0 aliphatic carbocycles. The van der Waals surface area contributed by atoms with Crippen LogP contribution in [-0.4, -0.2) is 56.1 Å². The normalized spacial score (nSPS) is 31.5. The van der Waals surface area contributed by atoms with Gasteiger partial charge in [-0.05, 0) is 12.8 Å². The summed E-state index contributed by atoms with van der Waals surface area (Å²) in [7, 11) is 1.53. The van der Waals surface area contributed by atoms with E-state index < -0.39 is 18.0 Å². The number of aliphatic hydroxyl groups is 1. The van der Waals surface area contributed by atoms with E-state index >= 15 is 0 Å². The van der Waals surface area contributed by atoms with E-state index in [9.17, 15) is 5.11 Å². The van der Waals surface area contributed by atoms with Gasteiger partial charge in [-0.2, -0.15) is 0 Å². The van der Waals surface area contributed by atoms with Crippen LogP contribution < -0.4 is 0 Å². The molecule has 1 heterocycles. The number of unbranched alkanes of at least 4 members (excludes halogenated alkanes) is 2. The van der Waals surface area contributed by atoms with Crippen LogP contribution in [0.2, 0.25) is 0 Å². The van der Waals surface area contributed by atoms with Crippen LogP contribution in [0.5, 0.6) is 0 Å². The van der Waals surface area contributed by atoms with Crippen LogP contribution in [0.25, 0.3) is 0 Å². The molecular weight excluding hydrogens is 284 g/mol. The molecule has 0 aromatic heterocycles. The summed E-state index contributed by atoms with van der Waals surface area (Å²) in [6, 6.07) is 0. The van der Waals surface area contributed by atoms with Crippen molar-refractivity contribution in [2.75, 3.05) is 26.9 Å². The maximum Gasteiger partial charge on any atom is 0.189 e. The van der Waals surface area contributed by atoms with Crippen LogP contribution in [-0.2, 0) is 18.9 Å². The summed E-state index contributed by atoms with van der Waals surface area (Å²) in [6.07, 6.45) is 4.59. The van der Waals surface area contributed by atoms with Gasteiger partial charge in [-0.3, -0.25) is 0 Å². The van der Waals surface area contributed by atoms with Crippen molar-refractivity contribution >= 4 is 0 Å². The summed E-state index contributed by atoms with van der Waals surface area (Å²) in [5.74, 6) is 0. The molecule has 1 saturated heterocycles. The van der Waals surface area contributed by atoms with Crippen LogP contribution in [0.3, 0.4) is 0 Å². The Morgan fingerprint density at radius 3 is 2.50 bits per heavy atom. The number of ether oxygens (including phenoxy) is 4. The second-order valence-electron chi connectivity index (χ2n) is 5.80. The van der Waals surface area contributed by atoms with Crippen LogP contribution in [0, 0.1) is 0 Å². The summed E-state index contributed by atoms with van der Waals surface area (Å²) < 4.78 is 22.7. The molecule has 0 radical (unpaired) electrons. The molecule has 1 fully saturated rings. The van der Waals surface area contributed by atoms with Gasteiger partial charge in [0, 0.05) is 26.7 Å². The zero-order valence-electron chi connectivity index (χ0n) is 14.3. The van der Waals surface area contributed by atoms with E-state index in [2.05, 4.69) is 20.4 Å². The SMILES string of the molecule is C=CC[C@]1(O)[C@@H](OC)O[C@H](COCCCC)[C@H]1OCCCC. The molecule has 4 atom stereocenters.